The first kappa shape index (κ1) is 21.9. The Morgan fingerprint density at radius 3 is 2.07 bits per heavy atom. The Hall–Kier alpha value is -1.44. The van der Waals surface area contributed by atoms with E-state index >= 15 is 0 Å². The lowest BCUT2D eigenvalue weighted by atomic mass is 9.96. The van der Waals surface area contributed by atoms with Crippen molar-refractivity contribution < 1.29 is 13.2 Å². The third-order valence-corrected chi connectivity index (χ3v) is 6.48. The van der Waals surface area contributed by atoms with Gasteiger partial charge in [-0.05, 0) is 57.9 Å². The Kier molecular flexibility index (Phi) is 8.26. The van der Waals surface area contributed by atoms with Crippen LogP contribution in [0.3, 0.4) is 0 Å². The van der Waals surface area contributed by atoms with E-state index < -0.39 is 10.0 Å². The van der Waals surface area contributed by atoms with Crippen molar-refractivity contribution >= 4 is 21.6 Å². The number of carbonyl (C=O) groups is 1. The summed E-state index contributed by atoms with van der Waals surface area (Å²) >= 11 is 0. The van der Waals surface area contributed by atoms with E-state index in [0.717, 1.165) is 12.8 Å². The van der Waals surface area contributed by atoms with Crippen molar-refractivity contribution in [3.8, 4) is 0 Å². The van der Waals surface area contributed by atoms with Gasteiger partial charge in [-0.15, -0.1) is 0 Å². The predicted molar refractivity (Wildman–Crippen MR) is 109 cm³/mol. The topological polar surface area (TPSA) is 87.3 Å². The Morgan fingerprint density at radius 1 is 0.963 bits per heavy atom. The second kappa shape index (κ2) is 10.2. The lowest BCUT2D eigenvalue weighted by molar-refractivity contribution is -0.118. The van der Waals surface area contributed by atoms with E-state index in [1.54, 1.807) is 26.0 Å². The van der Waals surface area contributed by atoms with Gasteiger partial charge < -0.3 is 10.6 Å². The fourth-order valence-corrected chi connectivity index (χ4v) is 4.65. The SMILES string of the molecule is CC(C)NS(=O)(=O)c1ccc(NC(=O)[C@@H](C)NC2CCCCCCC2)cc1. The Balaban J connectivity index is 1.90. The zero-order valence-electron chi connectivity index (χ0n) is 16.6. The minimum atomic E-state index is -3.52. The molecule has 152 valence electrons. The summed E-state index contributed by atoms with van der Waals surface area (Å²) in [6.07, 6.45) is 8.54. The second-order valence-electron chi connectivity index (χ2n) is 7.72. The van der Waals surface area contributed by atoms with Crippen LogP contribution in [0.4, 0.5) is 5.69 Å². The highest BCUT2D eigenvalue weighted by Crippen LogP contribution is 2.18. The van der Waals surface area contributed by atoms with Crippen LogP contribution in [0.2, 0.25) is 0 Å². The maximum absolute atomic E-state index is 12.5. The summed E-state index contributed by atoms with van der Waals surface area (Å²) in [4.78, 5) is 12.7. The predicted octanol–water partition coefficient (Wildman–Crippen LogP) is 3.40. The van der Waals surface area contributed by atoms with E-state index in [4.69, 9.17) is 0 Å². The molecular weight excluding hydrogens is 362 g/mol. The van der Waals surface area contributed by atoms with Crippen LogP contribution in [0, 0.1) is 0 Å². The molecule has 7 heteroatoms. The number of rotatable bonds is 7. The van der Waals surface area contributed by atoms with E-state index in [1.807, 2.05) is 6.92 Å². The molecule has 1 aliphatic rings. The summed E-state index contributed by atoms with van der Waals surface area (Å²) in [6, 6.07) is 6.18. The minimum absolute atomic E-state index is 0.104. The second-order valence-corrected chi connectivity index (χ2v) is 9.43. The van der Waals surface area contributed by atoms with E-state index in [9.17, 15) is 13.2 Å². The van der Waals surface area contributed by atoms with Crippen LogP contribution in [0.15, 0.2) is 29.2 Å². The monoisotopic (exact) mass is 395 g/mol. The summed E-state index contributed by atoms with van der Waals surface area (Å²) in [5, 5.41) is 6.31. The Morgan fingerprint density at radius 2 is 1.52 bits per heavy atom. The number of hydrogen-bond acceptors (Lipinski definition) is 4. The highest BCUT2D eigenvalue weighted by Gasteiger charge is 2.19. The number of anilines is 1. The number of hydrogen-bond donors (Lipinski definition) is 3. The number of amides is 1. The number of sulfonamides is 1. The van der Waals surface area contributed by atoms with Crippen LogP contribution in [0.25, 0.3) is 0 Å². The molecule has 1 amide bonds. The summed E-state index contributed by atoms with van der Waals surface area (Å²) in [7, 11) is -3.52. The maximum atomic E-state index is 12.5. The lowest BCUT2D eigenvalue weighted by Gasteiger charge is -2.24. The summed E-state index contributed by atoms with van der Waals surface area (Å²) in [6.45, 7) is 5.42. The van der Waals surface area contributed by atoms with E-state index in [0.29, 0.717) is 11.7 Å². The fraction of sp³-hybridized carbons (Fsp3) is 0.650. The summed E-state index contributed by atoms with van der Waals surface area (Å²) < 4.78 is 26.8. The molecule has 1 aromatic rings. The molecule has 1 aliphatic carbocycles. The van der Waals surface area contributed by atoms with Crippen LogP contribution in [0.1, 0.15) is 65.7 Å². The molecule has 1 atom stereocenters. The smallest absolute Gasteiger partial charge is 0.241 e. The summed E-state index contributed by atoms with van der Waals surface area (Å²) in [5.41, 5.74) is 0.592. The first-order valence-corrected chi connectivity index (χ1v) is 11.5. The number of nitrogens with one attached hydrogen (secondary N) is 3. The first-order chi connectivity index (χ1) is 12.8. The van der Waals surface area contributed by atoms with Crippen molar-refractivity contribution in [3.63, 3.8) is 0 Å². The molecule has 6 nitrogen and oxygen atoms in total. The fourth-order valence-electron chi connectivity index (χ4n) is 3.40. The molecule has 1 fully saturated rings. The Bertz CT molecular complexity index is 694. The number of carbonyl (C=O) groups excluding carboxylic acids is 1. The van der Waals surface area contributed by atoms with Gasteiger partial charge >= 0.3 is 0 Å². The van der Waals surface area contributed by atoms with E-state index in [1.165, 1.54) is 44.2 Å². The maximum Gasteiger partial charge on any atom is 0.241 e. The van der Waals surface area contributed by atoms with Gasteiger partial charge in [0.2, 0.25) is 15.9 Å². The molecule has 0 heterocycles. The quantitative estimate of drug-likeness (QED) is 0.660. The number of benzene rings is 1. The molecule has 2 rings (SSSR count). The molecule has 0 saturated heterocycles. The van der Waals surface area contributed by atoms with Crippen molar-refractivity contribution in [1.82, 2.24) is 10.0 Å². The molecule has 0 spiro atoms. The van der Waals surface area contributed by atoms with Crippen LogP contribution in [-0.2, 0) is 14.8 Å². The highest BCUT2D eigenvalue weighted by molar-refractivity contribution is 7.89. The molecule has 0 radical (unpaired) electrons. The average Bonchev–Trinajstić information content (AvgIpc) is 2.56. The van der Waals surface area contributed by atoms with Crippen molar-refractivity contribution in [2.24, 2.45) is 0 Å². The normalized spacial score (nSPS) is 17.9. The largest absolute Gasteiger partial charge is 0.325 e. The van der Waals surface area contributed by atoms with Crippen molar-refractivity contribution in [2.75, 3.05) is 5.32 Å². The van der Waals surface area contributed by atoms with Crippen molar-refractivity contribution in [3.05, 3.63) is 24.3 Å². The van der Waals surface area contributed by atoms with Crippen LogP contribution < -0.4 is 15.4 Å². The first-order valence-electron chi connectivity index (χ1n) is 9.97. The molecule has 1 saturated carbocycles. The van der Waals surface area contributed by atoms with Gasteiger partial charge in [0.25, 0.3) is 0 Å². The van der Waals surface area contributed by atoms with Crippen LogP contribution in [-0.4, -0.2) is 32.5 Å². The third-order valence-electron chi connectivity index (χ3n) is 4.81. The van der Waals surface area contributed by atoms with E-state index in [-0.39, 0.29) is 22.9 Å². The van der Waals surface area contributed by atoms with Crippen molar-refractivity contribution in [1.29, 1.82) is 0 Å². The van der Waals surface area contributed by atoms with Crippen molar-refractivity contribution in [2.45, 2.75) is 88.7 Å². The van der Waals surface area contributed by atoms with Gasteiger partial charge in [-0.2, -0.15) is 0 Å². The van der Waals surface area contributed by atoms with Gasteiger partial charge in [-0.3, -0.25) is 4.79 Å². The molecule has 27 heavy (non-hydrogen) atoms. The molecule has 0 aromatic heterocycles. The van der Waals surface area contributed by atoms with Gasteiger partial charge in [0.1, 0.15) is 0 Å². The van der Waals surface area contributed by atoms with Crippen LogP contribution >= 0.6 is 0 Å². The molecule has 3 N–H and O–H groups in total. The Labute approximate surface area is 163 Å². The minimum Gasteiger partial charge on any atom is -0.325 e. The molecule has 1 aromatic carbocycles. The zero-order chi connectivity index (χ0) is 19.9. The standard InChI is InChI=1S/C20H33N3O3S/c1-15(2)23-27(25,26)19-13-11-18(12-14-19)22-20(24)16(3)21-17-9-7-5-4-6-8-10-17/h11-17,21,23H,4-10H2,1-3H3,(H,22,24)/t16-/m1/s1. The average molecular weight is 396 g/mol. The molecule has 0 unspecified atom stereocenters. The van der Waals surface area contributed by atoms with Gasteiger partial charge in [0.05, 0.1) is 10.9 Å². The summed E-state index contributed by atoms with van der Waals surface area (Å²) in [5.74, 6) is -0.104. The van der Waals surface area contributed by atoms with E-state index in [2.05, 4.69) is 15.4 Å². The van der Waals surface area contributed by atoms with Gasteiger partial charge in [0, 0.05) is 17.8 Å². The highest BCUT2D eigenvalue weighted by atomic mass is 32.2. The van der Waals surface area contributed by atoms with Gasteiger partial charge in [-0.25, -0.2) is 13.1 Å². The van der Waals surface area contributed by atoms with Gasteiger partial charge in [0.15, 0.2) is 0 Å². The molecular formula is C20H33N3O3S. The lowest BCUT2D eigenvalue weighted by Crippen LogP contribution is -2.44. The molecule has 0 aliphatic heterocycles. The zero-order valence-corrected chi connectivity index (χ0v) is 17.4. The third kappa shape index (κ3) is 7.24. The van der Waals surface area contributed by atoms with Gasteiger partial charge in [-0.1, -0.05) is 32.1 Å². The van der Waals surface area contributed by atoms with Crippen LogP contribution in [0.5, 0.6) is 0 Å². The molecule has 0 bridgehead atoms.